The van der Waals surface area contributed by atoms with Crippen molar-refractivity contribution in [2.75, 3.05) is 38.6 Å². The zero-order valence-electron chi connectivity index (χ0n) is 19.3. The third kappa shape index (κ3) is 5.09. The lowest BCUT2D eigenvalue weighted by Crippen LogP contribution is -2.50. The van der Waals surface area contributed by atoms with Gasteiger partial charge in [0, 0.05) is 48.6 Å². The summed E-state index contributed by atoms with van der Waals surface area (Å²) in [6, 6.07) is 21.2. The van der Waals surface area contributed by atoms with Gasteiger partial charge in [-0.05, 0) is 61.0 Å². The Kier molecular flexibility index (Phi) is 6.92. The van der Waals surface area contributed by atoms with Gasteiger partial charge in [0.2, 0.25) is 0 Å². The molecule has 1 aliphatic rings. The predicted molar refractivity (Wildman–Crippen MR) is 130 cm³/mol. The molecule has 0 aromatic heterocycles. The van der Waals surface area contributed by atoms with Gasteiger partial charge < -0.3 is 19.9 Å². The lowest BCUT2D eigenvalue weighted by atomic mass is 10.1. The third-order valence-electron chi connectivity index (χ3n) is 5.93. The number of nitrogens with zero attached hydrogens (tertiary/aromatic N) is 2. The van der Waals surface area contributed by atoms with E-state index < -0.39 is 0 Å². The second kappa shape index (κ2) is 10.2. The maximum Gasteiger partial charge on any atom is 0.255 e. The van der Waals surface area contributed by atoms with Gasteiger partial charge in [0.05, 0.1) is 7.11 Å². The van der Waals surface area contributed by atoms with E-state index in [1.165, 1.54) is 0 Å². The smallest absolute Gasteiger partial charge is 0.255 e. The van der Waals surface area contributed by atoms with Crippen LogP contribution in [0.2, 0.25) is 0 Å². The molecule has 0 atom stereocenters. The minimum absolute atomic E-state index is 0.0658. The van der Waals surface area contributed by atoms with E-state index in [1.54, 1.807) is 65.4 Å². The summed E-state index contributed by atoms with van der Waals surface area (Å²) < 4.78 is 5.33. The number of rotatable bonds is 5. The summed E-state index contributed by atoms with van der Waals surface area (Å²) in [5.41, 5.74) is 3.28. The minimum Gasteiger partial charge on any atom is -0.496 e. The Balaban J connectivity index is 1.33. The second-order valence-corrected chi connectivity index (χ2v) is 8.17. The van der Waals surface area contributed by atoms with Crippen molar-refractivity contribution in [1.29, 1.82) is 0 Å². The molecule has 174 valence electrons. The number of methoxy groups -OCH3 is 1. The van der Waals surface area contributed by atoms with Crippen LogP contribution < -0.4 is 10.1 Å². The highest BCUT2D eigenvalue weighted by molar-refractivity contribution is 6.04. The van der Waals surface area contributed by atoms with Crippen molar-refractivity contribution in [3.05, 3.63) is 95.1 Å². The first-order valence-electron chi connectivity index (χ1n) is 11.2. The molecular formula is C27H27N3O4. The molecule has 1 heterocycles. The third-order valence-corrected chi connectivity index (χ3v) is 5.93. The summed E-state index contributed by atoms with van der Waals surface area (Å²) in [5, 5.41) is 2.83. The Bertz CT molecular complexity index is 1180. The summed E-state index contributed by atoms with van der Waals surface area (Å²) in [6.45, 7) is 3.78. The Hall–Kier alpha value is -4.13. The van der Waals surface area contributed by atoms with Crippen molar-refractivity contribution in [3.8, 4) is 5.75 Å². The van der Waals surface area contributed by atoms with E-state index in [1.807, 2.05) is 31.2 Å². The first-order valence-corrected chi connectivity index (χ1v) is 11.2. The van der Waals surface area contributed by atoms with Crippen LogP contribution in [0, 0.1) is 6.92 Å². The molecule has 0 bridgehead atoms. The van der Waals surface area contributed by atoms with Crippen LogP contribution in [0.5, 0.6) is 5.75 Å². The van der Waals surface area contributed by atoms with Crippen molar-refractivity contribution in [2.24, 2.45) is 0 Å². The molecule has 0 saturated carbocycles. The SMILES string of the molecule is COc1cc(C(=O)N2CCN(C(=O)c3ccc(NC(=O)c4ccccc4)cc3)CC2)ccc1C. The Labute approximate surface area is 198 Å². The van der Waals surface area contributed by atoms with Crippen molar-refractivity contribution in [2.45, 2.75) is 6.92 Å². The number of aryl methyl sites for hydroxylation is 1. The first-order chi connectivity index (χ1) is 16.5. The molecule has 34 heavy (non-hydrogen) atoms. The van der Waals surface area contributed by atoms with Crippen molar-refractivity contribution in [3.63, 3.8) is 0 Å². The molecule has 1 N–H and O–H groups in total. The standard InChI is InChI=1S/C27H27N3O4/c1-19-8-9-22(18-24(19)34-2)27(33)30-16-14-29(15-17-30)26(32)21-10-12-23(13-11-21)28-25(31)20-6-4-3-5-7-20/h3-13,18H,14-17H2,1-2H3,(H,28,31). The number of anilines is 1. The minimum atomic E-state index is -0.202. The molecule has 1 saturated heterocycles. The number of piperazine rings is 1. The fourth-order valence-electron chi connectivity index (χ4n) is 3.92. The Morgan fingerprint density at radius 1 is 0.735 bits per heavy atom. The number of ether oxygens (including phenoxy) is 1. The van der Waals surface area contributed by atoms with Crippen LogP contribution in [0.4, 0.5) is 5.69 Å². The topological polar surface area (TPSA) is 79.0 Å². The monoisotopic (exact) mass is 457 g/mol. The van der Waals surface area contributed by atoms with Crippen LogP contribution in [0.25, 0.3) is 0 Å². The van der Waals surface area contributed by atoms with E-state index in [4.69, 9.17) is 4.74 Å². The molecule has 0 aliphatic carbocycles. The number of hydrogen-bond donors (Lipinski definition) is 1. The summed E-state index contributed by atoms with van der Waals surface area (Å²) in [4.78, 5) is 41.6. The molecule has 0 spiro atoms. The molecule has 1 aliphatic heterocycles. The highest BCUT2D eigenvalue weighted by Gasteiger charge is 2.26. The average Bonchev–Trinajstić information content (AvgIpc) is 2.89. The quantitative estimate of drug-likeness (QED) is 0.631. The normalized spacial score (nSPS) is 13.4. The van der Waals surface area contributed by atoms with Crippen molar-refractivity contribution < 1.29 is 19.1 Å². The fourth-order valence-corrected chi connectivity index (χ4v) is 3.92. The molecule has 0 radical (unpaired) electrons. The zero-order valence-corrected chi connectivity index (χ0v) is 19.3. The first kappa shape index (κ1) is 23.0. The molecule has 0 unspecified atom stereocenters. The average molecular weight is 458 g/mol. The van der Waals surface area contributed by atoms with Crippen molar-refractivity contribution >= 4 is 23.4 Å². The highest BCUT2D eigenvalue weighted by Crippen LogP contribution is 2.21. The number of carbonyl (C=O) groups is 3. The van der Waals surface area contributed by atoms with E-state index in [0.29, 0.717) is 54.3 Å². The van der Waals surface area contributed by atoms with E-state index in [-0.39, 0.29) is 17.7 Å². The number of nitrogens with one attached hydrogen (secondary N) is 1. The van der Waals surface area contributed by atoms with Crippen molar-refractivity contribution in [1.82, 2.24) is 9.80 Å². The summed E-state index contributed by atoms with van der Waals surface area (Å²) >= 11 is 0. The van der Waals surface area contributed by atoms with Gasteiger partial charge in [0.25, 0.3) is 17.7 Å². The van der Waals surface area contributed by atoms with Crippen LogP contribution in [-0.2, 0) is 0 Å². The summed E-state index contributed by atoms with van der Waals surface area (Å²) in [6.07, 6.45) is 0. The van der Waals surface area contributed by atoms with Gasteiger partial charge in [-0.25, -0.2) is 0 Å². The second-order valence-electron chi connectivity index (χ2n) is 8.17. The van der Waals surface area contributed by atoms with Crippen LogP contribution >= 0.6 is 0 Å². The highest BCUT2D eigenvalue weighted by atomic mass is 16.5. The maximum atomic E-state index is 12.9. The molecule has 3 amide bonds. The van der Waals surface area contributed by atoms with Gasteiger partial charge in [0.15, 0.2) is 0 Å². The number of amides is 3. The van der Waals surface area contributed by atoms with Crippen LogP contribution in [0.15, 0.2) is 72.8 Å². The van der Waals surface area contributed by atoms with Gasteiger partial charge >= 0.3 is 0 Å². The lowest BCUT2D eigenvalue weighted by Gasteiger charge is -2.35. The maximum absolute atomic E-state index is 12.9. The summed E-state index contributed by atoms with van der Waals surface area (Å²) in [5.74, 6) is 0.323. The van der Waals surface area contributed by atoms with Gasteiger partial charge in [-0.1, -0.05) is 24.3 Å². The number of hydrogen-bond acceptors (Lipinski definition) is 4. The van der Waals surface area contributed by atoms with E-state index in [9.17, 15) is 14.4 Å². The molecule has 7 heteroatoms. The predicted octanol–water partition coefficient (Wildman–Crippen LogP) is 3.85. The van der Waals surface area contributed by atoms with E-state index in [0.717, 1.165) is 5.56 Å². The summed E-state index contributed by atoms with van der Waals surface area (Å²) in [7, 11) is 1.59. The largest absolute Gasteiger partial charge is 0.496 e. The number of benzene rings is 3. The molecule has 3 aromatic carbocycles. The Morgan fingerprint density at radius 2 is 1.29 bits per heavy atom. The zero-order chi connectivity index (χ0) is 24.1. The fraction of sp³-hybridized carbons (Fsp3) is 0.222. The van der Waals surface area contributed by atoms with Crippen LogP contribution in [-0.4, -0.2) is 60.8 Å². The van der Waals surface area contributed by atoms with Gasteiger partial charge in [-0.2, -0.15) is 0 Å². The van der Waals surface area contributed by atoms with Gasteiger partial charge in [-0.3, -0.25) is 14.4 Å². The van der Waals surface area contributed by atoms with Gasteiger partial charge in [0.1, 0.15) is 5.75 Å². The molecule has 7 nitrogen and oxygen atoms in total. The van der Waals surface area contributed by atoms with Gasteiger partial charge in [-0.15, -0.1) is 0 Å². The molecule has 3 aromatic rings. The molecule has 1 fully saturated rings. The van der Waals surface area contributed by atoms with Crippen LogP contribution in [0.1, 0.15) is 36.6 Å². The number of carbonyl (C=O) groups excluding carboxylic acids is 3. The molecule has 4 rings (SSSR count). The van der Waals surface area contributed by atoms with E-state index in [2.05, 4.69) is 5.32 Å². The lowest BCUT2D eigenvalue weighted by molar-refractivity contribution is 0.0535. The Morgan fingerprint density at radius 3 is 1.88 bits per heavy atom. The van der Waals surface area contributed by atoms with E-state index >= 15 is 0 Å². The van der Waals surface area contributed by atoms with Crippen LogP contribution in [0.3, 0.4) is 0 Å². The molecular weight excluding hydrogens is 430 g/mol.